The number of hydrogen-bond donors (Lipinski definition) is 0. The zero-order chi connectivity index (χ0) is 17.6. The van der Waals surface area contributed by atoms with E-state index in [0.717, 1.165) is 16.0 Å². The highest BCUT2D eigenvalue weighted by atomic mass is 16.7. The van der Waals surface area contributed by atoms with Gasteiger partial charge in [-0.25, -0.2) is 9.69 Å². The minimum atomic E-state index is -1.63. The molecule has 1 fully saturated rings. The third-order valence-corrected chi connectivity index (χ3v) is 4.64. The minimum Gasteiger partial charge on any atom is -0.438 e. The van der Waals surface area contributed by atoms with Gasteiger partial charge in [-0.1, -0.05) is 48.5 Å². The molecule has 2 aromatic carbocycles. The molecule has 1 heterocycles. The Balaban J connectivity index is 2.05. The van der Waals surface area contributed by atoms with Crippen LogP contribution in [-0.2, 0) is 24.8 Å². The topological polar surface area (TPSA) is 72.9 Å². The Morgan fingerprint density at radius 3 is 1.88 bits per heavy atom. The van der Waals surface area contributed by atoms with Crippen molar-refractivity contribution in [2.75, 3.05) is 7.11 Å². The van der Waals surface area contributed by atoms with Gasteiger partial charge in [0.25, 0.3) is 5.72 Å². The first-order valence-electron chi connectivity index (χ1n) is 7.92. The van der Waals surface area contributed by atoms with Crippen molar-refractivity contribution in [1.29, 1.82) is 0 Å². The summed E-state index contributed by atoms with van der Waals surface area (Å²) in [5.74, 6) is -0.749. The number of hydrogen-bond acceptors (Lipinski definition) is 5. The van der Waals surface area contributed by atoms with E-state index < -0.39 is 11.9 Å². The number of benzene rings is 2. The molecule has 2 amide bonds. The normalized spacial score (nSPS) is 17.2. The molecule has 0 N–H and O–H groups in total. The highest BCUT2D eigenvalue weighted by Gasteiger charge is 2.57. The van der Waals surface area contributed by atoms with Crippen LogP contribution in [0.4, 0.5) is 4.79 Å². The van der Waals surface area contributed by atoms with Gasteiger partial charge in [-0.3, -0.25) is 9.59 Å². The number of methoxy groups -OCH3 is 1. The maximum Gasteiger partial charge on any atom is 0.510 e. The van der Waals surface area contributed by atoms with E-state index in [9.17, 15) is 14.4 Å². The molecule has 0 saturated carbocycles. The molecule has 0 bridgehead atoms. The van der Waals surface area contributed by atoms with E-state index in [1.165, 1.54) is 7.11 Å². The molecule has 4 rings (SSSR count). The number of imide groups is 1. The van der Waals surface area contributed by atoms with Crippen LogP contribution >= 0.6 is 0 Å². The fraction of sp³-hybridized carbons (Fsp3) is 0.211. The third kappa shape index (κ3) is 2.00. The van der Waals surface area contributed by atoms with Crippen molar-refractivity contribution in [1.82, 2.24) is 4.90 Å². The lowest BCUT2D eigenvalue weighted by atomic mass is 9.98. The van der Waals surface area contributed by atoms with Gasteiger partial charge in [0.2, 0.25) is 11.8 Å². The lowest BCUT2D eigenvalue weighted by molar-refractivity contribution is -0.163. The molecule has 0 atom stereocenters. The Kier molecular flexibility index (Phi) is 3.35. The first-order chi connectivity index (χ1) is 12.1. The number of fused-ring (bicyclic) bond motifs is 3. The molecule has 6 nitrogen and oxygen atoms in total. The van der Waals surface area contributed by atoms with Crippen molar-refractivity contribution in [2.45, 2.75) is 18.6 Å². The summed E-state index contributed by atoms with van der Waals surface area (Å²) in [4.78, 5) is 38.2. The van der Waals surface area contributed by atoms with Crippen molar-refractivity contribution in [3.63, 3.8) is 0 Å². The van der Waals surface area contributed by atoms with Crippen LogP contribution in [0.25, 0.3) is 11.1 Å². The summed E-state index contributed by atoms with van der Waals surface area (Å²) < 4.78 is 10.3. The number of ether oxygens (including phenoxy) is 2. The molecule has 0 spiro atoms. The van der Waals surface area contributed by atoms with Crippen LogP contribution in [0.2, 0.25) is 0 Å². The van der Waals surface area contributed by atoms with Crippen molar-refractivity contribution < 1.29 is 23.9 Å². The number of carbonyl (C=O) groups excluding carboxylic acids is 3. The highest BCUT2D eigenvalue weighted by Crippen LogP contribution is 2.52. The molecule has 2 aliphatic rings. The van der Waals surface area contributed by atoms with E-state index in [1.807, 2.05) is 24.3 Å². The van der Waals surface area contributed by atoms with Crippen LogP contribution < -0.4 is 0 Å². The average Bonchev–Trinajstić information content (AvgIpc) is 3.11. The zero-order valence-electron chi connectivity index (χ0n) is 13.5. The van der Waals surface area contributed by atoms with E-state index in [-0.39, 0.29) is 24.7 Å². The number of rotatable bonds is 2. The van der Waals surface area contributed by atoms with Gasteiger partial charge in [0.05, 0.1) is 7.11 Å². The molecule has 25 heavy (non-hydrogen) atoms. The second-order valence-electron chi connectivity index (χ2n) is 5.91. The van der Waals surface area contributed by atoms with E-state index in [0.29, 0.717) is 11.1 Å². The third-order valence-electron chi connectivity index (χ3n) is 4.64. The Morgan fingerprint density at radius 1 is 0.920 bits per heavy atom. The highest BCUT2D eigenvalue weighted by molar-refractivity contribution is 6.04. The summed E-state index contributed by atoms with van der Waals surface area (Å²) in [5, 5.41) is 0. The summed E-state index contributed by atoms with van der Waals surface area (Å²) >= 11 is 0. The smallest absolute Gasteiger partial charge is 0.438 e. The molecule has 6 heteroatoms. The molecular formula is C19H15NO5. The van der Waals surface area contributed by atoms with Crippen molar-refractivity contribution in [2.24, 2.45) is 0 Å². The lowest BCUT2D eigenvalue weighted by Crippen LogP contribution is -2.51. The SMILES string of the molecule is COC(=O)OC1(N2C(=O)CCC2=O)c2ccccc2-c2ccccc21. The number of amides is 2. The Morgan fingerprint density at radius 2 is 1.40 bits per heavy atom. The molecule has 0 aromatic heterocycles. The van der Waals surface area contributed by atoms with Gasteiger partial charge in [-0.2, -0.15) is 0 Å². The predicted molar refractivity (Wildman–Crippen MR) is 87.2 cm³/mol. The van der Waals surface area contributed by atoms with E-state index in [1.54, 1.807) is 24.3 Å². The lowest BCUT2D eigenvalue weighted by Gasteiger charge is -2.37. The predicted octanol–water partition coefficient (Wildman–Crippen LogP) is 2.80. The molecule has 1 saturated heterocycles. The van der Waals surface area contributed by atoms with E-state index in [2.05, 4.69) is 4.74 Å². The van der Waals surface area contributed by atoms with Crippen LogP contribution in [0.1, 0.15) is 24.0 Å². The Labute approximate surface area is 144 Å². The fourth-order valence-electron chi connectivity index (χ4n) is 3.66. The van der Waals surface area contributed by atoms with Crippen molar-refractivity contribution in [3.05, 3.63) is 59.7 Å². The van der Waals surface area contributed by atoms with E-state index >= 15 is 0 Å². The molecule has 0 radical (unpaired) electrons. The van der Waals surface area contributed by atoms with Gasteiger partial charge >= 0.3 is 6.16 Å². The fourth-order valence-corrected chi connectivity index (χ4v) is 3.66. The van der Waals surface area contributed by atoms with Gasteiger partial charge in [0.15, 0.2) is 0 Å². The molecule has 1 aliphatic heterocycles. The summed E-state index contributed by atoms with van der Waals surface area (Å²) in [6.07, 6.45) is -0.774. The summed E-state index contributed by atoms with van der Waals surface area (Å²) in [6, 6.07) is 14.6. The number of nitrogens with zero attached hydrogens (tertiary/aromatic N) is 1. The zero-order valence-corrected chi connectivity index (χ0v) is 13.5. The standard InChI is InChI=1S/C19H15NO5/c1-24-18(23)25-19(20-16(21)10-11-17(20)22)14-8-4-2-6-12(14)13-7-3-5-9-15(13)19/h2-9H,10-11H2,1H3. The first-order valence-corrected chi connectivity index (χ1v) is 7.92. The molecule has 1 aliphatic carbocycles. The van der Waals surface area contributed by atoms with Gasteiger partial charge in [0, 0.05) is 24.0 Å². The summed E-state index contributed by atoms with van der Waals surface area (Å²) in [6.45, 7) is 0. The van der Waals surface area contributed by atoms with Gasteiger partial charge < -0.3 is 9.47 Å². The van der Waals surface area contributed by atoms with Crippen LogP contribution in [-0.4, -0.2) is 30.0 Å². The first kappa shape index (κ1) is 15.4. The quantitative estimate of drug-likeness (QED) is 0.622. The van der Waals surface area contributed by atoms with Gasteiger partial charge in [-0.05, 0) is 11.1 Å². The summed E-state index contributed by atoms with van der Waals surface area (Å²) in [7, 11) is 1.19. The van der Waals surface area contributed by atoms with Crippen molar-refractivity contribution in [3.8, 4) is 11.1 Å². The largest absolute Gasteiger partial charge is 0.510 e. The van der Waals surface area contributed by atoms with Crippen LogP contribution in [0.5, 0.6) is 0 Å². The average molecular weight is 337 g/mol. The second-order valence-corrected chi connectivity index (χ2v) is 5.91. The second kappa shape index (κ2) is 5.44. The Hall–Kier alpha value is -3.15. The molecule has 2 aromatic rings. The maximum absolute atomic E-state index is 12.5. The maximum atomic E-state index is 12.5. The summed E-state index contributed by atoms with van der Waals surface area (Å²) in [5.41, 5.74) is 1.14. The van der Waals surface area contributed by atoms with E-state index in [4.69, 9.17) is 4.74 Å². The molecule has 0 unspecified atom stereocenters. The Bertz CT molecular complexity index is 843. The van der Waals surface area contributed by atoms with Gasteiger partial charge in [0.1, 0.15) is 0 Å². The molecular weight excluding hydrogens is 322 g/mol. The van der Waals surface area contributed by atoms with Crippen LogP contribution in [0.15, 0.2) is 48.5 Å². The van der Waals surface area contributed by atoms with Crippen LogP contribution in [0.3, 0.4) is 0 Å². The van der Waals surface area contributed by atoms with Gasteiger partial charge in [-0.15, -0.1) is 0 Å². The number of carbonyl (C=O) groups is 3. The van der Waals surface area contributed by atoms with Crippen LogP contribution in [0, 0.1) is 0 Å². The van der Waals surface area contributed by atoms with Crippen molar-refractivity contribution >= 4 is 18.0 Å². The molecule has 126 valence electrons. The monoisotopic (exact) mass is 337 g/mol. The minimum absolute atomic E-state index is 0.0927. The number of likely N-dealkylation sites (tertiary alicyclic amines) is 1.